The molecule has 104 valence electrons. The average Bonchev–Trinajstić information content (AvgIpc) is 2.42. The van der Waals surface area contributed by atoms with Crippen LogP contribution in [0.5, 0.6) is 5.88 Å². The third-order valence-electron chi connectivity index (χ3n) is 2.57. The Morgan fingerprint density at radius 1 is 1.20 bits per heavy atom. The Balaban J connectivity index is 2.73. The highest BCUT2D eigenvalue weighted by Gasteiger charge is 2.17. The van der Waals surface area contributed by atoms with Crippen LogP contribution in [-0.2, 0) is 0 Å². The molecule has 0 bridgehead atoms. The van der Waals surface area contributed by atoms with E-state index in [1.165, 1.54) is 25.4 Å². The Bertz CT molecular complexity index is 689. The van der Waals surface area contributed by atoms with E-state index in [1.54, 1.807) is 6.07 Å². The van der Waals surface area contributed by atoms with Crippen molar-refractivity contribution >= 4 is 40.8 Å². The van der Waals surface area contributed by atoms with Gasteiger partial charge in [-0.2, -0.15) is 0 Å². The van der Waals surface area contributed by atoms with Gasteiger partial charge in [-0.15, -0.1) is 0 Å². The van der Waals surface area contributed by atoms with Gasteiger partial charge in [0, 0.05) is 22.3 Å². The van der Waals surface area contributed by atoms with Crippen molar-refractivity contribution in [2.45, 2.75) is 0 Å². The molecule has 0 saturated heterocycles. The number of hydrogen-bond donors (Lipinski definition) is 1. The van der Waals surface area contributed by atoms with E-state index in [-0.39, 0.29) is 21.5 Å². The van der Waals surface area contributed by atoms with Crippen molar-refractivity contribution in [2.75, 3.05) is 7.11 Å². The van der Waals surface area contributed by atoms with Gasteiger partial charge < -0.3 is 9.84 Å². The zero-order valence-electron chi connectivity index (χ0n) is 10.2. The Morgan fingerprint density at radius 3 is 2.50 bits per heavy atom. The summed E-state index contributed by atoms with van der Waals surface area (Å²) in [5.74, 6) is -0.874. The van der Waals surface area contributed by atoms with Crippen molar-refractivity contribution in [2.24, 2.45) is 0 Å². The maximum absolute atomic E-state index is 11.0. The summed E-state index contributed by atoms with van der Waals surface area (Å²) in [5.41, 5.74) is 0.867. The van der Waals surface area contributed by atoms with Gasteiger partial charge in [0.2, 0.25) is 5.88 Å². The quantitative estimate of drug-likeness (QED) is 0.845. The molecule has 20 heavy (non-hydrogen) atoms. The zero-order valence-corrected chi connectivity index (χ0v) is 12.4. The molecular weight excluding hydrogens is 325 g/mol. The number of carbonyl (C=O) groups is 1. The van der Waals surface area contributed by atoms with Crippen molar-refractivity contribution in [1.29, 1.82) is 0 Å². The number of hydrogen-bond acceptors (Lipinski definition) is 3. The lowest BCUT2D eigenvalue weighted by atomic mass is 10.1. The van der Waals surface area contributed by atoms with Gasteiger partial charge in [-0.1, -0.05) is 34.8 Å². The molecule has 0 aliphatic carbocycles. The summed E-state index contributed by atoms with van der Waals surface area (Å²) in [6, 6.07) is 4.47. The highest BCUT2D eigenvalue weighted by Crippen LogP contribution is 2.39. The highest BCUT2D eigenvalue weighted by molar-refractivity contribution is 6.45. The molecule has 2 rings (SSSR count). The number of carboxylic acid groups (broad SMARTS) is 1. The monoisotopic (exact) mass is 331 g/mol. The number of rotatable bonds is 3. The van der Waals surface area contributed by atoms with Gasteiger partial charge in [0.05, 0.1) is 22.7 Å². The van der Waals surface area contributed by atoms with E-state index in [0.29, 0.717) is 16.1 Å². The number of benzene rings is 1. The van der Waals surface area contributed by atoms with Crippen molar-refractivity contribution < 1.29 is 14.6 Å². The predicted molar refractivity (Wildman–Crippen MR) is 78.2 cm³/mol. The highest BCUT2D eigenvalue weighted by atomic mass is 35.5. The molecule has 1 heterocycles. The van der Waals surface area contributed by atoms with E-state index in [1.807, 2.05) is 0 Å². The largest absolute Gasteiger partial charge is 0.481 e. The second kappa shape index (κ2) is 5.87. The van der Waals surface area contributed by atoms with Crippen LogP contribution in [0.15, 0.2) is 24.4 Å². The lowest BCUT2D eigenvalue weighted by Crippen LogP contribution is -2.00. The number of aromatic carboxylic acids is 1. The number of methoxy groups -OCH3 is 1. The van der Waals surface area contributed by atoms with Crippen LogP contribution in [0.4, 0.5) is 0 Å². The average molecular weight is 333 g/mol. The van der Waals surface area contributed by atoms with E-state index in [4.69, 9.17) is 44.6 Å². The van der Waals surface area contributed by atoms with E-state index in [2.05, 4.69) is 4.98 Å². The minimum Gasteiger partial charge on any atom is -0.481 e. The second-order valence-electron chi connectivity index (χ2n) is 3.84. The number of halogens is 3. The van der Waals surface area contributed by atoms with Crippen molar-refractivity contribution in [1.82, 2.24) is 4.98 Å². The maximum Gasteiger partial charge on any atom is 0.337 e. The van der Waals surface area contributed by atoms with Gasteiger partial charge in [-0.25, -0.2) is 9.78 Å². The van der Waals surface area contributed by atoms with Gasteiger partial charge in [-0.3, -0.25) is 0 Å². The summed E-state index contributed by atoms with van der Waals surface area (Å²) in [5, 5.41) is 9.91. The number of nitrogens with zero attached hydrogens (tertiary/aromatic N) is 1. The molecule has 1 N–H and O–H groups in total. The minimum atomic E-state index is -1.11. The van der Waals surface area contributed by atoms with Crippen molar-refractivity contribution in [3.8, 4) is 17.0 Å². The molecule has 0 fully saturated rings. The van der Waals surface area contributed by atoms with Crippen molar-refractivity contribution in [3.05, 3.63) is 45.0 Å². The molecular formula is C13H8Cl3NO3. The van der Waals surface area contributed by atoms with Crippen LogP contribution in [0.3, 0.4) is 0 Å². The standard InChI is InChI=1S/C13H8Cl3NO3/c1-20-12-9(2-6(5-17-12)13(18)19)8-3-7(14)4-10(15)11(8)16/h2-5H,1H3,(H,18,19). The first kappa shape index (κ1) is 14.9. The number of carboxylic acids is 1. The Kier molecular flexibility index (Phi) is 4.38. The second-order valence-corrected chi connectivity index (χ2v) is 5.06. The van der Waals surface area contributed by atoms with Crippen LogP contribution in [0.2, 0.25) is 15.1 Å². The van der Waals surface area contributed by atoms with Gasteiger partial charge in [-0.05, 0) is 18.2 Å². The third-order valence-corrected chi connectivity index (χ3v) is 3.59. The summed E-state index contributed by atoms with van der Waals surface area (Å²) < 4.78 is 5.12. The molecule has 4 nitrogen and oxygen atoms in total. The minimum absolute atomic E-state index is 0.00737. The number of ether oxygens (including phenoxy) is 1. The molecule has 7 heteroatoms. The van der Waals surface area contributed by atoms with E-state index < -0.39 is 5.97 Å². The normalized spacial score (nSPS) is 10.4. The third kappa shape index (κ3) is 2.82. The van der Waals surface area contributed by atoms with Crippen LogP contribution < -0.4 is 4.74 Å². The predicted octanol–water partition coefficient (Wildman–Crippen LogP) is 4.42. The first-order valence-corrected chi connectivity index (χ1v) is 6.49. The maximum atomic E-state index is 11.0. The molecule has 0 atom stereocenters. The smallest absolute Gasteiger partial charge is 0.337 e. The Hall–Kier alpha value is -1.49. The molecule has 0 aliphatic rings. The molecule has 1 aromatic carbocycles. The Labute approximate surface area is 129 Å². The fraction of sp³-hybridized carbons (Fsp3) is 0.0769. The first-order valence-electron chi connectivity index (χ1n) is 5.36. The summed E-state index contributed by atoms with van der Waals surface area (Å²) in [7, 11) is 1.42. The summed E-state index contributed by atoms with van der Waals surface area (Å²) in [6.45, 7) is 0. The van der Waals surface area contributed by atoms with Crippen molar-refractivity contribution in [3.63, 3.8) is 0 Å². The van der Waals surface area contributed by atoms with E-state index in [0.717, 1.165) is 0 Å². The van der Waals surface area contributed by atoms with Gasteiger partial charge in [0.15, 0.2) is 0 Å². The van der Waals surface area contributed by atoms with Crippen LogP contribution in [0, 0.1) is 0 Å². The van der Waals surface area contributed by atoms with Crippen LogP contribution in [0.1, 0.15) is 10.4 Å². The zero-order chi connectivity index (χ0) is 14.9. The fourth-order valence-corrected chi connectivity index (χ4v) is 2.38. The summed E-state index contributed by atoms with van der Waals surface area (Å²) in [4.78, 5) is 15.0. The number of pyridine rings is 1. The molecule has 0 aliphatic heterocycles. The summed E-state index contributed by atoms with van der Waals surface area (Å²) >= 11 is 18.1. The molecule has 0 unspecified atom stereocenters. The van der Waals surface area contributed by atoms with Crippen LogP contribution in [0.25, 0.3) is 11.1 Å². The van der Waals surface area contributed by atoms with Gasteiger partial charge >= 0.3 is 5.97 Å². The molecule has 1 aromatic heterocycles. The first-order chi connectivity index (χ1) is 9.43. The molecule has 2 aromatic rings. The Morgan fingerprint density at radius 2 is 1.90 bits per heavy atom. The van der Waals surface area contributed by atoms with Crippen LogP contribution in [-0.4, -0.2) is 23.2 Å². The SMILES string of the molecule is COc1ncc(C(=O)O)cc1-c1cc(Cl)cc(Cl)c1Cl. The molecule has 0 radical (unpaired) electrons. The lowest BCUT2D eigenvalue weighted by molar-refractivity contribution is 0.0696. The topological polar surface area (TPSA) is 59.4 Å². The van der Waals surface area contributed by atoms with Crippen LogP contribution >= 0.6 is 34.8 Å². The van der Waals surface area contributed by atoms with E-state index >= 15 is 0 Å². The summed E-state index contributed by atoms with van der Waals surface area (Å²) in [6.07, 6.45) is 1.20. The molecule has 0 amide bonds. The fourth-order valence-electron chi connectivity index (χ4n) is 1.68. The van der Waals surface area contributed by atoms with E-state index in [9.17, 15) is 4.79 Å². The number of aromatic nitrogens is 1. The lowest BCUT2D eigenvalue weighted by Gasteiger charge is -2.11. The van der Waals surface area contributed by atoms with Gasteiger partial charge in [0.25, 0.3) is 0 Å². The molecule has 0 saturated carbocycles. The van der Waals surface area contributed by atoms with Gasteiger partial charge in [0.1, 0.15) is 0 Å². The molecule has 0 spiro atoms.